The van der Waals surface area contributed by atoms with Gasteiger partial charge in [-0.15, -0.1) is 0 Å². The van der Waals surface area contributed by atoms with E-state index in [2.05, 4.69) is 17.2 Å². The first-order valence-corrected chi connectivity index (χ1v) is 5.08. The van der Waals surface area contributed by atoms with Gasteiger partial charge in [0.1, 0.15) is 16.7 Å². The molecule has 2 rings (SSSR count). The smallest absolute Gasteiger partial charge is 0.135 e. The Labute approximate surface area is 88.4 Å². The first-order valence-electron chi connectivity index (χ1n) is 4.70. The van der Waals surface area contributed by atoms with E-state index in [1.165, 1.54) is 0 Å². The molecule has 0 amide bonds. The van der Waals surface area contributed by atoms with Crippen molar-refractivity contribution in [3.05, 3.63) is 16.8 Å². The fourth-order valence-corrected chi connectivity index (χ4v) is 1.91. The third-order valence-corrected chi connectivity index (χ3v) is 2.68. The molecule has 0 fully saturated rings. The Morgan fingerprint density at radius 2 is 2.43 bits per heavy atom. The molecule has 0 bridgehead atoms. The molecule has 14 heavy (non-hydrogen) atoms. The lowest BCUT2D eigenvalue weighted by Crippen LogP contribution is -2.23. The van der Waals surface area contributed by atoms with Crippen LogP contribution in [0.15, 0.2) is 6.07 Å². The van der Waals surface area contributed by atoms with Gasteiger partial charge in [0.05, 0.1) is 7.11 Å². The number of aromatic nitrogens is 1. The zero-order chi connectivity index (χ0) is 10.1. The molecular formula is C10H13ClN2O. The number of hydrogen-bond acceptors (Lipinski definition) is 3. The minimum atomic E-state index is 0.457. The maximum atomic E-state index is 5.88. The van der Waals surface area contributed by atoms with E-state index in [-0.39, 0.29) is 0 Å². The van der Waals surface area contributed by atoms with Crippen molar-refractivity contribution in [2.24, 2.45) is 0 Å². The molecule has 1 atom stereocenters. The molecule has 1 N–H and O–H groups in total. The molecular weight excluding hydrogens is 200 g/mol. The normalized spacial score (nSPS) is 19.8. The van der Waals surface area contributed by atoms with E-state index in [1.54, 1.807) is 13.2 Å². The van der Waals surface area contributed by atoms with Gasteiger partial charge >= 0.3 is 0 Å². The van der Waals surface area contributed by atoms with E-state index in [0.29, 0.717) is 11.2 Å². The number of methoxy groups -OCH3 is 1. The monoisotopic (exact) mass is 212 g/mol. The molecule has 0 aliphatic carbocycles. The average Bonchev–Trinajstić information content (AvgIpc) is 2.15. The Morgan fingerprint density at radius 3 is 3.14 bits per heavy atom. The summed E-state index contributed by atoms with van der Waals surface area (Å²) in [6.45, 7) is 2.14. The molecule has 1 aromatic heterocycles. The van der Waals surface area contributed by atoms with E-state index in [0.717, 1.165) is 30.0 Å². The van der Waals surface area contributed by atoms with Gasteiger partial charge in [-0.3, -0.25) is 0 Å². The quantitative estimate of drug-likeness (QED) is 0.727. The second-order valence-corrected chi connectivity index (χ2v) is 3.95. The maximum absolute atomic E-state index is 5.88. The van der Waals surface area contributed by atoms with Crippen LogP contribution in [0.5, 0.6) is 5.75 Å². The summed E-state index contributed by atoms with van der Waals surface area (Å²) in [6, 6.07) is 2.22. The number of halogens is 1. The van der Waals surface area contributed by atoms with Crippen molar-refractivity contribution in [1.29, 1.82) is 0 Å². The van der Waals surface area contributed by atoms with Crippen LogP contribution < -0.4 is 10.1 Å². The summed E-state index contributed by atoms with van der Waals surface area (Å²) in [5.74, 6) is 1.70. The van der Waals surface area contributed by atoms with Gasteiger partial charge < -0.3 is 10.1 Å². The number of pyridine rings is 1. The van der Waals surface area contributed by atoms with E-state index < -0.39 is 0 Å². The number of nitrogens with zero attached hydrogens (tertiary/aromatic N) is 1. The van der Waals surface area contributed by atoms with Crippen LogP contribution in [0.1, 0.15) is 18.9 Å². The highest BCUT2D eigenvalue weighted by molar-refractivity contribution is 6.29. The molecule has 2 heterocycles. The zero-order valence-electron chi connectivity index (χ0n) is 8.30. The number of anilines is 1. The second-order valence-electron chi connectivity index (χ2n) is 3.56. The molecule has 1 unspecified atom stereocenters. The van der Waals surface area contributed by atoms with Gasteiger partial charge in [-0.05, 0) is 19.8 Å². The average molecular weight is 213 g/mol. The Balaban J connectivity index is 2.46. The van der Waals surface area contributed by atoms with Gasteiger partial charge in [0.15, 0.2) is 0 Å². The van der Waals surface area contributed by atoms with Gasteiger partial charge in [-0.2, -0.15) is 0 Å². The summed E-state index contributed by atoms with van der Waals surface area (Å²) in [5.41, 5.74) is 1.13. The number of ether oxygens (including phenoxy) is 1. The summed E-state index contributed by atoms with van der Waals surface area (Å²) >= 11 is 5.88. The van der Waals surface area contributed by atoms with Crippen molar-refractivity contribution in [2.45, 2.75) is 25.8 Å². The molecule has 0 spiro atoms. The first-order chi connectivity index (χ1) is 6.70. The topological polar surface area (TPSA) is 34.1 Å². The SMILES string of the molecule is COc1cc(Cl)nc2c1CCC(C)N2. The summed E-state index contributed by atoms with van der Waals surface area (Å²) in [5, 5.41) is 3.77. The highest BCUT2D eigenvalue weighted by atomic mass is 35.5. The Hall–Kier alpha value is -0.960. The van der Waals surface area contributed by atoms with E-state index >= 15 is 0 Å². The fraction of sp³-hybridized carbons (Fsp3) is 0.500. The molecule has 1 aliphatic rings. The Morgan fingerprint density at radius 1 is 1.64 bits per heavy atom. The lowest BCUT2D eigenvalue weighted by atomic mass is 10.0. The summed E-state index contributed by atoms with van der Waals surface area (Å²) in [6.07, 6.45) is 2.10. The van der Waals surface area contributed by atoms with Crippen LogP contribution in [0.3, 0.4) is 0 Å². The summed E-state index contributed by atoms with van der Waals surface area (Å²) in [4.78, 5) is 4.25. The predicted molar refractivity (Wildman–Crippen MR) is 57.2 cm³/mol. The van der Waals surface area contributed by atoms with Crippen LogP contribution >= 0.6 is 11.6 Å². The standard InChI is InChI=1S/C10H13ClN2O/c1-6-3-4-7-8(14-2)5-9(11)13-10(7)12-6/h5-6H,3-4H2,1-2H3,(H,12,13). The maximum Gasteiger partial charge on any atom is 0.135 e. The second kappa shape index (κ2) is 3.65. The van der Waals surface area contributed by atoms with Crippen molar-refractivity contribution >= 4 is 17.4 Å². The molecule has 0 saturated carbocycles. The van der Waals surface area contributed by atoms with Crippen molar-refractivity contribution < 1.29 is 4.74 Å². The number of hydrogen-bond donors (Lipinski definition) is 1. The summed E-state index contributed by atoms with van der Waals surface area (Å²) in [7, 11) is 1.66. The number of rotatable bonds is 1. The molecule has 0 aromatic carbocycles. The van der Waals surface area contributed by atoms with Gasteiger partial charge in [0, 0.05) is 17.7 Å². The highest BCUT2D eigenvalue weighted by Crippen LogP contribution is 2.32. The van der Waals surface area contributed by atoms with Crippen LogP contribution in [0.2, 0.25) is 5.15 Å². The van der Waals surface area contributed by atoms with Crippen molar-refractivity contribution in [1.82, 2.24) is 4.98 Å². The van der Waals surface area contributed by atoms with Crippen molar-refractivity contribution in [3.63, 3.8) is 0 Å². The van der Waals surface area contributed by atoms with Gasteiger partial charge in [0.2, 0.25) is 0 Å². The third-order valence-electron chi connectivity index (χ3n) is 2.48. The Kier molecular flexibility index (Phi) is 2.50. The molecule has 0 saturated heterocycles. The van der Waals surface area contributed by atoms with Crippen LogP contribution in [-0.4, -0.2) is 18.1 Å². The number of nitrogens with one attached hydrogen (secondary N) is 1. The van der Waals surface area contributed by atoms with Crippen molar-refractivity contribution in [3.8, 4) is 5.75 Å². The zero-order valence-corrected chi connectivity index (χ0v) is 9.06. The van der Waals surface area contributed by atoms with Crippen molar-refractivity contribution in [2.75, 3.05) is 12.4 Å². The number of fused-ring (bicyclic) bond motifs is 1. The molecule has 1 aromatic rings. The molecule has 4 heteroatoms. The first kappa shape index (κ1) is 9.59. The molecule has 1 aliphatic heterocycles. The van der Waals surface area contributed by atoms with E-state index in [1.807, 2.05) is 0 Å². The minimum absolute atomic E-state index is 0.457. The van der Waals surface area contributed by atoms with Crippen LogP contribution in [0, 0.1) is 0 Å². The van der Waals surface area contributed by atoms with Crippen LogP contribution in [0.4, 0.5) is 5.82 Å². The lowest BCUT2D eigenvalue weighted by Gasteiger charge is -2.24. The lowest BCUT2D eigenvalue weighted by molar-refractivity contribution is 0.407. The van der Waals surface area contributed by atoms with Crippen LogP contribution in [-0.2, 0) is 6.42 Å². The predicted octanol–water partition coefficient (Wildman–Crippen LogP) is 2.49. The molecule has 3 nitrogen and oxygen atoms in total. The molecule has 76 valence electrons. The fourth-order valence-electron chi connectivity index (χ4n) is 1.73. The van der Waals surface area contributed by atoms with E-state index in [9.17, 15) is 0 Å². The van der Waals surface area contributed by atoms with Gasteiger partial charge in [0.25, 0.3) is 0 Å². The minimum Gasteiger partial charge on any atom is -0.496 e. The van der Waals surface area contributed by atoms with E-state index in [4.69, 9.17) is 16.3 Å². The molecule has 0 radical (unpaired) electrons. The van der Waals surface area contributed by atoms with Crippen LogP contribution in [0.25, 0.3) is 0 Å². The van der Waals surface area contributed by atoms with Gasteiger partial charge in [-0.1, -0.05) is 11.6 Å². The summed E-state index contributed by atoms with van der Waals surface area (Å²) < 4.78 is 5.26. The largest absolute Gasteiger partial charge is 0.496 e. The van der Waals surface area contributed by atoms with Gasteiger partial charge in [-0.25, -0.2) is 4.98 Å². The third kappa shape index (κ3) is 1.64. The highest BCUT2D eigenvalue weighted by Gasteiger charge is 2.19. The Bertz CT molecular complexity index is 354.